The van der Waals surface area contributed by atoms with Crippen LogP contribution in [0.4, 0.5) is 23.7 Å². The monoisotopic (exact) mass is 573 g/mol. The van der Waals surface area contributed by atoms with Gasteiger partial charge in [-0.3, -0.25) is 15.1 Å². The van der Waals surface area contributed by atoms with E-state index in [2.05, 4.69) is 24.0 Å². The normalized spacial score (nSPS) is 25.7. The Kier molecular flexibility index (Phi) is 7.58. The Bertz CT molecular complexity index is 1370. The number of hydrogen-bond acceptors (Lipinski definition) is 7. The average molecular weight is 574 g/mol. The molecule has 10 nitrogen and oxygen atoms in total. The lowest BCUT2D eigenvalue weighted by molar-refractivity contribution is -0.929. The van der Waals surface area contributed by atoms with Crippen LogP contribution < -0.4 is 15.8 Å². The third-order valence-electron chi connectivity index (χ3n) is 8.31. The third kappa shape index (κ3) is 5.30. The van der Waals surface area contributed by atoms with Gasteiger partial charge < -0.3 is 18.9 Å². The number of fused-ring (bicyclic) bond motifs is 1. The molecule has 218 valence electrons. The van der Waals surface area contributed by atoms with Gasteiger partial charge in [-0.05, 0) is 42.8 Å². The van der Waals surface area contributed by atoms with Crippen LogP contribution in [-0.4, -0.2) is 74.2 Å². The summed E-state index contributed by atoms with van der Waals surface area (Å²) < 4.78 is 52.3. The van der Waals surface area contributed by atoms with Crippen molar-refractivity contribution in [2.75, 3.05) is 45.4 Å². The zero-order chi connectivity index (χ0) is 29.5. The first-order valence-corrected chi connectivity index (χ1v) is 13.3. The topological polar surface area (TPSA) is 107 Å². The lowest BCUT2D eigenvalue weighted by atomic mass is 9.81. The van der Waals surface area contributed by atoms with Crippen LogP contribution in [0.1, 0.15) is 35.2 Å². The molecule has 3 aliphatic heterocycles. The summed E-state index contributed by atoms with van der Waals surface area (Å²) in [6.45, 7) is 4.92. The number of amides is 2. The maximum atomic E-state index is 13.6. The number of hydrazine groups is 1. The Morgan fingerprint density at radius 3 is 2.59 bits per heavy atom. The van der Waals surface area contributed by atoms with Crippen molar-refractivity contribution in [1.82, 2.24) is 15.8 Å². The molecular formula is C28H32F3N6O4+. The zero-order valence-electron chi connectivity index (χ0n) is 22.9. The standard InChI is InChI=1S/C28H31F3N6O4/c1-17-23(25(38)40-3)24(22-8-7-18(15-32)13-19(22)16-37(2)9-11-41-12-10-37)36-26(33-34-27(36)39)35(17)21-6-4-5-20(14-21)28(29,30)31/h4-8,13-14,17,23-24,26,33H,9-12,16H2,1-3H3/p+1/t17?,23?,24-,26?/m0/s1. The number of nitrogens with zero attached hydrogens (tertiary/aromatic N) is 4. The van der Waals surface area contributed by atoms with Crippen LogP contribution in [0.25, 0.3) is 0 Å². The van der Waals surface area contributed by atoms with E-state index >= 15 is 0 Å². The molecule has 2 aromatic carbocycles. The number of urea groups is 1. The molecule has 2 amide bonds. The molecule has 4 atom stereocenters. The van der Waals surface area contributed by atoms with Gasteiger partial charge in [0.25, 0.3) is 0 Å². The number of carbonyl (C=O) groups is 2. The summed E-state index contributed by atoms with van der Waals surface area (Å²) in [7, 11) is 3.34. The molecule has 3 saturated heterocycles. The van der Waals surface area contributed by atoms with Crippen molar-refractivity contribution in [3.63, 3.8) is 0 Å². The number of halogens is 3. The van der Waals surface area contributed by atoms with Crippen molar-refractivity contribution in [3.05, 3.63) is 64.7 Å². The molecule has 0 saturated carbocycles. The summed E-state index contributed by atoms with van der Waals surface area (Å²) in [4.78, 5) is 29.9. The second-order valence-corrected chi connectivity index (χ2v) is 10.9. The molecule has 3 unspecified atom stereocenters. The quantitative estimate of drug-likeness (QED) is 0.418. The molecule has 3 heterocycles. The number of alkyl halides is 3. The fraction of sp³-hybridized carbons (Fsp3) is 0.464. The maximum absolute atomic E-state index is 13.6. The van der Waals surface area contributed by atoms with Crippen molar-refractivity contribution < 1.29 is 36.7 Å². The minimum atomic E-state index is -4.58. The van der Waals surface area contributed by atoms with Crippen molar-refractivity contribution in [2.24, 2.45) is 5.92 Å². The molecule has 2 aromatic rings. The summed E-state index contributed by atoms with van der Waals surface area (Å²) in [6.07, 6.45) is -5.49. The first-order valence-electron chi connectivity index (χ1n) is 13.3. The molecule has 0 radical (unpaired) electrons. The Morgan fingerprint density at radius 1 is 1.20 bits per heavy atom. The van der Waals surface area contributed by atoms with Gasteiger partial charge in [0, 0.05) is 17.3 Å². The number of hydrogen-bond donors (Lipinski definition) is 2. The minimum Gasteiger partial charge on any atom is -0.469 e. The number of nitrogens with one attached hydrogen (secondary N) is 2. The van der Waals surface area contributed by atoms with E-state index in [-0.39, 0.29) is 5.69 Å². The van der Waals surface area contributed by atoms with E-state index < -0.39 is 48.0 Å². The molecule has 3 fully saturated rings. The lowest BCUT2D eigenvalue weighted by Gasteiger charge is -2.52. The summed E-state index contributed by atoms with van der Waals surface area (Å²) >= 11 is 0. The Balaban J connectivity index is 1.64. The van der Waals surface area contributed by atoms with Gasteiger partial charge >= 0.3 is 18.2 Å². The summed E-state index contributed by atoms with van der Waals surface area (Å²) in [5.41, 5.74) is 6.73. The van der Waals surface area contributed by atoms with E-state index in [1.54, 1.807) is 30.0 Å². The number of nitriles is 1. The Morgan fingerprint density at radius 2 is 1.93 bits per heavy atom. The molecular weight excluding hydrogens is 541 g/mol. The SMILES string of the molecule is COC(=O)C1C(C)N(c2cccc(C(F)(F)F)c2)C2NNC(=O)N2[C@H]1c1ccc(C#N)cc1C[N+]1(C)CCOCC1. The largest absolute Gasteiger partial charge is 0.469 e. The number of rotatable bonds is 5. The van der Waals surface area contributed by atoms with E-state index in [1.165, 1.54) is 24.1 Å². The number of carbonyl (C=O) groups excluding carboxylic acids is 2. The molecule has 3 aliphatic rings. The number of anilines is 1. The van der Waals surface area contributed by atoms with Crippen LogP contribution in [0, 0.1) is 17.2 Å². The van der Waals surface area contributed by atoms with Crippen LogP contribution in [0.15, 0.2) is 42.5 Å². The highest BCUT2D eigenvalue weighted by Crippen LogP contribution is 2.45. The van der Waals surface area contributed by atoms with Gasteiger partial charge in [0.05, 0.1) is 50.6 Å². The van der Waals surface area contributed by atoms with Crippen LogP contribution >= 0.6 is 0 Å². The summed E-state index contributed by atoms with van der Waals surface area (Å²) in [6, 6.07) is 10.1. The van der Waals surface area contributed by atoms with E-state index in [0.29, 0.717) is 35.4 Å². The summed E-state index contributed by atoms with van der Waals surface area (Å²) in [5, 5.41) is 9.67. The van der Waals surface area contributed by atoms with Gasteiger partial charge in [-0.1, -0.05) is 12.1 Å². The molecule has 0 bridgehead atoms. The van der Waals surface area contributed by atoms with Gasteiger partial charge in [0.2, 0.25) is 0 Å². The number of likely N-dealkylation sites (N-methyl/N-ethyl adjacent to an activating group) is 1. The van der Waals surface area contributed by atoms with Crippen molar-refractivity contribution in [2.45, 2.75) is 38.0 Å². The number of ether oxygens (including phenoxy) is 2. The van der Waals surface area contributed by atoms with Gasteiger partial charge in [-0.2, -0.15) is 23.9 Å². The average Bonchev–Trinajstić information content (AvgIpc) is 3.32. The number of quaternary nitrogens is 1. The maximum Gasteiger partial charge on any atom is 0.416 e. The highest BCUT2D eigenvalue weighted by molar-refractivity contribution is 5.82. The highest BCUT2D eigenvalue weighted by atomic mass is 19.4. The third-order valence-corrected chi connectivity index (χ3v) is 8.31. The molecule has 13 heteroatoms. The fourth-order valence-corrected chi connectivity index (χ4v) is 6.16. The second kappa shape index (κ2) is 10.8. The minimum absolute atomic E-state index is 0.185. The van der Waals surface area contributed by atoms with E-state index in [1.807, 2.05) is 0 Å². The zero-order valence-corrected chi connectivity index (χ0v) is 22.9. The van der Waals surface area contributed by atoms with Gasteiger partial charge in [-0.25, -0.2) is 4.79 Å². The number of morpholine rings is 1. The fourth-order valence-electron chi connectivity index (χ4n) is 6.16. The van der Waals surface area contributed by atoms with Crippen LogP contribution in [-0.2, 0) is 27.0 Å². The Labute approximate surface area is 235 Å². The van der Waals surface area contributed by atoms with Crippen LogP contribution in [0.3, 0.4) is 0 Å². The number of esters is 1. The molecule has 0 aliphatic carbocycles. The second-order valence-electron chi connectivity index (χ2n) is 10.9. The smallest absolute Gasteiger partial charge is 0.416 e. The predicted molar refractivity (Wildman–Crippen MR) is 141 cm³/mol. The number of methoxy groups -OCH3 is 1. The molecule has 5 rings (SSSR count). The van der Waals surface area contributed by atoms with Crippen molar-refractivity contribution in [1.29, 1.82) is 5.26 Å². The summed E-state index contributed by atoms with van der Waals surface area (Å²) in [5.74, 6) is -1.59. The molecule has 0 aromatic heterocycles. The molecule has 41 heavy (non-hydrogen) atoms. The van der Waals surface area contributed by atoms with E-state index in [4.69, 9.17) is 9.47 Å². The predicted octanol–water partition coefficient (Wildman–Crippen LogP) is 3.11. The Hall–Kier alpha value is -3.86. The van der Waals surface area contributed by atoms with Crippen molar-refractivity contribution in [3.8, 4) is 6.07 Å². The first kappa shape index (κ1) is 28.7. The lowest BCUT2D eigenvalue weighted by Crippen LogP contribution is -2.65. The van der Waals surface area contributed by atoms with E-state index in [0.717, 1.165) is 30.8 Å². The first-order chi connectivity index (χ1) is 19.5. The number of benzene rings is 2. The van der Waals surface area contributed by atoms with Crippen LogP contribution in [0.2, 0.25) is 0 Å². The molecule has 2 N–H and O–H groups in total. The highest BCUT2D eigenvalue weighted by Gasteiger charge is 2.55. The molecule has 0 spiro atoms. The van der Waals surface area contributed by atoms with Gasteiger partial charge in [0.1, 0.15) is 25.6 Å². The van der Waals surface area contributed by atoms with Crippen LogP contribution in [0.5, 0.6) is 0 Å². The van der Waals surface area contributed by atoms with Crippen molar-refractivity contribution >= 4 is 17.7 Å². The van der Waals surface area contributed by atoms with Gasteiger partial charge in [0.15, 0.2) is 6.29 Å². The van der Waals surface area contributed by atoms with E-state index in [9.17, 15) is 28.0 Å². The van der Waals surface area contributed by atoms with Gasteiger partial charge in [-0.15, -0.1) is 0 Å².